The van der Waals surface area contributed by atoms with Crippen LogP contribution in [-0.4, -0.2) is 37.6 Å². The third kappa shape index (κ3) is 3.47. The third-order valence-corrected chi connectivity index (χ3v) is 4.47. The average Bonchev–Trinajstić information content (AvgIpc) is 2.89. The van der Waals surface area contributed by atoms with Gasteiger partial charge >= 0.3 is 0 Å². The van der Waals surface area contributed by atoms with E-state index in [1.165, 1.54) is 18.3 Å². The maximum Gasteiger partial charge on any atom is 0.242 e. The molecular weight excluding hydrogens is 286 g/mol. The van der Waals surface area contributed by atoms with Crippen LogP contribution in [0.2, 0.25) is 0 Å². The van der Waals surface area contributed by atoms with Crippen molar-refractivity contribution in [3.63, 3.8) is 0 Å². The molecule has 1 aliphatic heterocycles. The number of ether oxygens (including phenoxy) is 1. The van der Waals surface area contributed by atoms with Crippen LogP contribution in [0, 0.1) is 0 Å². The van der Waals surface area contributed by atoms with Crippen molar-refractivity contribution >= 4 is 27.2 Å². The molecule has 1 atom stereocenters. The minimum Gasteiger partial charge on any atom is -0.388 e. The summed E-state index contributed by atoms with van der Waals surface area (Å²) in [7, 11) is -3.68. The van der Waals surface area contributed by atoms with Gasteiger partial charge in [-0.05, 0) is 25.0 Å². The van der Waals surface area contributed by atoms with Crippen LogP contribution in [0.1, 0.15) is 18.5 Å². The van der Waals surface area contributed by atoms with Gasteiger partial charge in [-0.3, -0.25) is 4.98 Å². The molecule has 8 heteroatoms. The standard InChI is InChI=1S/C11H15N3O3S2/c12-11(18)10-9(4-1-5-13-10)19(15,16)14-7-8-3-2-6-17-8/h1,4-5,8,14H,2-3,6-7H2,(H2,12,18). The van der Waals surface area contributed by atoms with Crippen molar-refractivity contribution in [3.05, 3.63) is 24.0 Å². The van der Waals surface area contributed by atoms with E-state index in [4.69, 9.17) is 22.7 Å². The van der Waals surface area contributed by atoms with Gasteiger partial charge in [0.15, 0.2) is 0 Å². The minimum atomic E-state index is -3.68. The first-order chi connectivity index (χ1) is 9.00. The lowest BCUT2D eigenvalue weighted by Gasteiger charge is -2.12. The Balaban J connectivity index is 2.17. The average molecular weight is 301 g/mol. The number of hydrogen-bond donors (Lipinski definition) is 2. The van der Waals surface area contributed by atoms with Crippen molar-refractivity contribution in [1.29, 1.82) is 0 Å². The molecule has 0 aromatic carbocycles. The first-order valence-corrected chi connectivity index (χ1v) is 7.76. The Morgan fingerprint density at radius 2 is 2.42 bits per heavy atom. The number of aromatic nitrogens is 1. The zero-order chi connectivity index (χ0) is 13.9. The predicted molar refractivity (Wildman–Crippen MR) is 74.3 cm³/mol. The molecule has 104 valence electrons. The Kier molecular flexibility index (Phi) is 4.46. The van der Waals surface area contributed by atoms with Gasteiger partial charge in [-0.2, -0.15) is 0 Å². The molecule has 6 nitrogen and oxygen atoms in total. The fourth-order valence-electron chi connectivity index (χ4n) is 1.88. The van der Waals surface area contributed by atoms with Crippen LogP contribution >= 0.6 is 12.2 Å². The molecule has 0 aliphatic carbocycles. The smallest absolute Gasteiger partial charge is 0.242 e. The monoisotopic (exact) mass is 301 g/mol. The van der Waals surface area contributed by atoms with Crippen LogP contribution < -0.4 is 10.5 Å². The summed E-state index contributed by atoms with van der Waals surface area (Å²) >= 11 is 4.81. The lowest BCUT2D eigenvalue weighted by Crippen LogP contribution is -2.33. The predicted octanol–water partition coefficient (Wildman–Crippen LogP) is 0.173. The summed E-state index contributed by atoms with van der Waals surface area (Å²) < 4.78 is 32.3. The Bertz CT molecular complexity index is 568. The minimum absolute atomic E-state index is 0.000460. The van der Waals surface area contributed by atoms with Gasteiger partial charge in [0.05, 0.1) is 6.10 Å². The van der Waals surface area contributed by atoms with Crippen molar-refractivity contribution in [2.75, 3.05) is 13.2 Å². The molecule has 0 bridgehead atoms. The van der Waals surface area contributed by atoms with E-state index in [2.05, 4.69) is 9.71 Å². The Morgan fingerprint density at radius 3 is 3.05 bits per heavy atom. The summed E-state index contributed by atoms with van der Waals surface area (Å²) in [6.45, 7) is 0.922. The van der Waals surface area contributed by atoms with Gasteiger partial charge < -0.3 is 10.5 Å². The van der Waals surface area contributed by atoms with Gasteiger partial charge in [0, 0.05) is 19.3 Å². The van der Waals surface area contributed by atoms with Crippen LogP contribution in [0.25, 0.3) is 0 Å². The van der Waals surface area contributed by atoms with Gasteiger partial charge in [-0.15, -0.1) is 0 Å². The summed E-state index contributed by atoms with van der Waals surface area (Å²) in [6, 6.07) is 2.96. The largest absolute Gasteiger partial charge is 0.388 e. The number of hydrogen-bond acceptors (Lipinski definition) is 5. The van der Waals surface area contributed by atoms with Gasteiger partial charge in [0.1, 0.15) is 15.6 Å². The zero-order valence-corrected chi connectivity index (χ0v) is 11.8. The molecule has 0 spiro atoms. The summed E-state index contributed by atoms with van der Waals surface area (Å²) in [6.07, 6.45) is 3.20. The topological polar surface area (TPSA) is 94.3 Å². The summed E-state index contributed by atoms with van der Waals surface area (Å²) in [5.74, 6) is 0. The highest BCUT2D eigenvalue weighted by Crippen LogP contribution is 2.15. The van der Waals surface area contributed by atoms with E-state index in [0.717, 1.165) is 12.8 Å². The quantitative estimate of drug-likeness (QED) is 0.753. The molecule has 1 fully saturated rings. The van der Waals surface area contributed by atoms with Gasteiger partial charge in [0.2, 0.25) is 10.0 Å². The Morgan fingerprint density at radius 1 is 1.63 bits per heavy atom. The van der Waals surface area contributed by atoms with Crippen LogP contribution in [-0.2, 0) is 14.8 Å². The number of thiocarbonyl (C=S) groups is 1. The maximum atomic E-state index is 12.2. The first kappa shape index (κ1) is 14.3. The molecule has 0 amide bonds. The number of nitrogens with one attached hydrogen (secondary N) is 1. The second kappa shape index (κ2) is 5.91. The molecular formula is C11H15N3O3S2. The van der Waals surface area contributed by atoms with E-state index in [-0.39, 0.29) is 28.2 Å². The van der Waals surface area contributed by atoms with E-state index in [0.29, 0.717) is 6.61 Å². The zero-order valence-electron chi connectivity index (χ0n) is 10.2. The highest BCUT2D eigenvalue weighted by Gasteiger charge is 2.23. The molecule has 3 N–H and O–H groups in total. The fraction of sp³-hybridized carbons (Fsp3) is 0.455. The number of sulfonamides is 1. The van der Waals surface area contributed by atoms with Crippen molar-refractivity contribution < 1.29 is 13.2 Å². The molecule has 1 unspecified atom stereocenters. The highest BCUT2D eigenvalue weighted by atomic mass is 32.2. The van der Waals surface area contributed by atoms with Crippen LogP contribution in [0.5, 0.6) is 0 Å². The summed E-state index contributed by atoms with van der Waals surface area (Å²) in [4.78, 5) is 3.86. The highest BCUT2D eigenvalue weighted by molar-refractivity contribution is 7.89. The lowest BCUT2D eigenvalue weighted by molar-refractivity contribution is 0.114. The summed E-state index contributed by atoms with van der Waals surface area (Å²) in [5, 5.41) is 0. The summed E-state index contributed by atoms with van der Waals surface area (Å²) in [5.41, 5.74) is 5.59. The number of rotatable bonds is 5. The number of nitrogens with two attached hydrogens (primary N) is 1. The maximum absolute atomic E-state index is 12.2. The van der Waals surface area contributed by atoms with E-state index in [1.807, 2.05) is 0 Å². The van der Waals surface area contributed by atoms with E-state index < -0.39 is 10.0 Å². The van der Waals surface area contributed by atoms with E-state index in [9.17, 15) is 8.42 Å². The molecule has 0 saturated carbocycles. The molecule has 19 heavy (non-hydrogen) atoms. The van der Waals surface area contributed by atoms with Gasteiger partial charge in [-0.1, -0.05) is 12.2 Å². The number of nitrogens with zero attached hydrogens (tertiary/aromatic N) is 1. The SMILES string of the molecule is NC(=S)c1ncccc1S(=O)(=O)NCC1CCCO1. The third-order valence-electron chi connectivity index (χ3n) is 2.82. The van der Waals surface area contributed by atoms with Crippen LogP contribution in [0.4, 0.5) is 0 Å². The molecule has 2 rings (SSSR count). The van der Waals surface area contributed by atoms with Crippen molar-refractivity contribution in [2.24, 2.45) is 5.73 Å². The number of pyridine rings is 1. The molecule has 1 aromatic rings. The molecule has 1 aromatic heterocycles. The Hall–Kier alpha value is -1.09. The van der Waals surface area contributed by atoms with Crippen molar-refractivity contribution in [1.82, 2.24) is 9.71 Å². The van der Waals surface area contributed by atoms with Crippen molar-refractivity contribution in [2.45, 2.75) is 23.8 Å². The van der Waals surface area contributed by atoms with Gasteiger partial charge in [0.25, 0.3) is 0 Å². The van der Waals surface area contributed by atoms with Crippen LogP contribution in [0.3, 0.4) is 0 Å². The molecule has 1 aliphatic rings. The molecule has 2 heterocycles. The van der Waals surface area contributed by atoms with Gasteiger partial charge in [-0.25, -0.2) is 13.1 Å². The second-order valence-electron chi connectivity index (χ2n) is 4.20. The Labute approximate surface area is 117 Å². The first-order valence-electron chi connectivity index (χ1n) is 5.87. The van der Waals surface area contributed by atoms with E-state index >= 15 is 0 Å². The van der Waals surface area contributed by atoms with Crippen LogP contribution in [0.15, 0.2) is 23.2 Å². The lowest BCUT2D eigenvalue weighted by atomic mass is 10.2. The fourth-order valence-corrected chi connectivity index (χ4v) is 3.34. The molecule has 1 saturated heterocycles. The normalized spacial score (nSPS) is 19.5. The van der Waals surface area contributed by atoms with Crippen molar-refractivity contribution in [3.8, 4) is 0 Å². The second-order valence-corrected chi connectivity index (χ2v) is 6.38. The van der Waals surface area contributed by atoms with E-state index in [1.54, 1.807) is 0 Å². The molecule has 0 radical (unpaired) electrons.